The van der Waals surface area contributed by atoms with Gasteiger partial charge in [-0.25, -0.2) is 5.43 Å². The molecule has 7 nitrogen and oxygen atoms in total. The highest BCUT2D eigenvalue weighted by Gasteiger charge is 2.12. The van der Waals surface area contributed by atoms with Crippen molar-refractivity contribution in [3.05, 3.63) is 47.5 Å². The fourth-order valence-electron chi connectivity index (χ4n) is 2.12. The summed E-state index contributed by atoms with van der Waals surface area (Å²) in [6, 6.07) is 10.1. The van der Waals surface area contributed by atoms with Gasteiger partial charge in [0.1, 0.15) is 23.0 Å². The number of carbonyl (C=O) groups excluding carboxylic acids is 1. The number of hydrogen-bond acceptors (Lipinski definition) is 6. The zero-order valence-corrected chi connectivity index (χ0v) is 14.5. The fraction of sp³-hybridized carbons (Fsp3) is 0.222. The highest BCUT2D eigenvalue weighted by atomic mass is 16.5. The van der Waals surface area contributed by atoms with Crippen LogP contribution in [0.15, 0.2) is 41.5 Å². The quantitative estimate of drug-likeness (QED) is 0.617. The molecule has 2 aromatic carbocycles. The normalized spacial score (nSPS) is 10.4. The lowest BCUT2D eigenvalue weighted by Gasteiger charge is -2.12. The average molecular weight is 344 g/mol. The number of benzene rings is 2. The van der Waals surface area contributed by atoms with Gasteiger partial charge < -0.3 is 18.9 Å². The second-order valence-electron chi connectivity index (χ2n) is 4.87. The molecule has 1 N–H and O–H groups in total. The summed E-state index contributed by atoms with van der Waals surface area (Å²) in [6.07, 6.45) is 1.46. The molecule has 2 aromatic rings. The molecule has 0 saturated carbocycles. The lowest BCUT2D eigenvalue weighted by Crippen LogP contribution is -2.17. The number of hydrogen-bond donors (Lipinski definition) is 1. The Balaban J connectivity index is 2.16. The Labute approximate surface area is 146 Å². The molecule has 0 spiro atoms. The van der Waals surface area contributed by atoms with Crippen LogP contribution >= 0.6 is 0 Å². The maximum atomic E-state index is 12.1. The van der Waals surface area contributed by atoms with Crippen molar-refractivity contribution < 1.29 is 23.7 Å². The molecule has 0 saturated heterocycles. The number of amides is 1. The van der Waals surface area contributed by atoms with Crippen molar-refractivity contribution in [2.45, 2.75) is 0 Å². The van der Waals surface area contributed by atoms with Crippen molar-refractivity contribution in [3.63, 3.8) is 0 Å². The smallest absolute Gasteiger partial charge is 0.271 e. The van der Waals surface area contributed by atoms with E-state index in [-0.39, 0.29) is 5.91 Å². The molecular formula is C18H20N2O5. The number of methoxy groups -OCH3 is 4. The molecule has 132 valence electrons. The van der Waals surface area contributed by atoms with Crippen LogP contribution in [0.25, 0.3) is 0 Å². The molecule has 0 fully saturated rings. The van der Waals surface area contributed by atoms with Gasteiger partial charge in [0.2, 0.25) is 0 Å². The molecule has 0 aromatic heterocycles. The van der Waals surface area contributed by atoms with E-state index in [4.69, 9.17) is 18.9 Å². The van der Waals surface area contributed by atoms with Gasteiger partial charge in [0.15, 0.2) is 0 Å². The van der Waals surface area contributed by atoms with Gasteiger partial charge in [-0.3, -0.25) is 4.79 Å². The maximum Gasteiger partial charge on any atom is 0.271 e. The highest BCUT2D eigenvalue weighted by Crippen LogP contribution is 2.32. The van der Waals surface area contributed by atoms with E-state index in [1.807, 2.05) is 0 Å². The lowest BCUT2D eigenvalue weighted by atomic mass is 10.2. The second kappa shape index (κ2) is 8.58. The highest BCUT2D eigenvalue weighted by molar-refractivity contribution is 5.95. The van der Waals surface area contributed by atoms with E-state index in [2.05, 4.69) is 10.5 Å². The van der Waals surface area contributed by atoms with Crippen LogP contribution in [0.3, 0.4) is 0 Å². The van der Waals surface area contributed by atoms with Crippen LogP contribution in [0.1, 0.15) is 15.9 Å². The summed E-state index contributed by atoms with van der Waals surface area (Å²) >= 11 is 0. The van der Waals surface area contributed by atoms with Gasteiger partial charge in [0, 0.05) is 17.7 Å². The zero-order chi connectivity index (χ0) is 18.2. The Morgan fingerprint density at radius 2 is 1.44 bits per heavy atom. The average Bonchev–Trinajstić information content (AvgIpc) is 2.67. The fourth-order valence-corrected chi connectivity index (χ4v) is 2.12. The predicted molar refractivity (Wildman–Crippen MR) is 94.2 cm³/mol. The van der Waals surface area contributed by atoms with Crippen molar-refractivity contribution in [1.29, 1.82) is 0 Å². The molecule has 1 amide bonds. The molecule has 0 aliphatic rings. The van der Waals surface area contributed by atoms with Crippen LogP contribution < -0.4 is 24.4 Å². The summed E-state index contributed by atoms with van der Waals surface area (Å²) in [5.41, 5.74) is 3.51. The van der Waals surface area contributed by atoms with E-state index in [1.165, 1.54) is 20.4 Å². The van der Waals surface area contributed by atoms with Crippen LogP contribution in [-0.4, -0.2) is 40.6 Å². The minimum absolute atomic E-state index is 0.342. The topological polar surface area (TPSA) is 78.4 Å². The minimum Gasteiger partial charge on any atom is -0.497 e. The predicted octanol–water partition coefficient (Wildman–Crippen LogP) is 2.48. The van der Waals surface area contributed by atoms with Gasteiger partial charge in [-0.05, 0) is 24.3 Å². The van der Waals surface area contributed by atoms with E-state index in [9.17, 15) is 4.79 Å². The molecule has 0 radical (unpaired) electrons. The number of hydrazone groups is 1. The SMILES string of the molecule is COc1ccc(C(=O)N/N=C\c2c(OC)cc(OC)cc2OC)cc1. The maximum absolute atomic E-state index is 12.1. The number of rotatable bonds is 7. The Bertz CT molecular complexity index is 732. The third-order valence-electron chi connectivity index (χ3n) is 3.47. The minimum atomic E-state index is -0.342. The molecule has 7 heteroatoms. The Morgan fingerprint density at radius 1 is 0.880 bits per heavy atom. The van der Waals surface area contributed by atoms with E-state index < -0.39 is 0 Å². The van der Waals surface area contributed by atoms with Crippen molar-refractivity contribution in [1.82, 2.24) is 5.43 Å². The summed E-state index contributed by atoms with van der Waals surface area (Å²) in [7, 11) is 6.18. The molecule has 25 heavy (non-hydrogen) atoms. The van der Waals surface area contributed by atoms with Crippen molar-refractivity contribution >= 4 is 12.1 Å². The Kier molecular flexibility index (Phi) is 6.22. The van der Waals surface area contributed by atoms with E-state index in [0.29, 0.717) is 34.1 Å². The molecular weight excluding hydrogens is 324 g/mol. The molecule has 0 unspecified atom stereocenters. The summed E-state index contributed by atoms with van der Waals surface area (Å²) < 4.78 is 20.9. The Hall–Kier alpha value is -3.22. The second-order valence-corrected chi connectivity index (χ2v) is 4.87. The Morgan fingerprint density at radius 3 is 1.92 bits per heavy atom. The third kappa shape index (κ3) is 4.41. The van der Waals surface area contributed by atoms with E-state index in [1.54, 1.807) is 50.6 Å². The molecule has 0 atom stereocenters. The summed E-state index contributed by atoms with van der Waals surface area (Å²) in [5, 5.41) is 3.98. The van der Waals surface area contributed by atoms with E-state index in [0.717, 1.165) is 0 Å². The van der Waals surface area contributed by atoms with Gasteiger partial charge in [0.25, 0.3) is 5.91 Å². The van der Waals surface area contributed by atoms with Crippen LogP contribution in [0.2, 0.25) is 0 Å². The van der Waals surface area contributed by atoms with Crippen LogP contribution in [0.5, 0.6) is 23.0 Å². The van der Waals surface area contributed by atoms with Gasteiger partial charge in [-0.2, -0.15) is 5.10 Å². The monoisotopic (exact) mass is 344 g/mol. The first-order chi connectivity index (χ1) is 12.1. The molecule has 0 bridgehead atoms. The molecule has 0 aliphatic carbocycles. The van der Waals surface area contributed by atoms with Crippen molar-refractivity contribution in [2.24, 2.45) is 5.10 Å². The number of carbonyl (C=O) groups is 1. The van der Waals surface area contributed by atoms with Crippen LogP contribution in [0, 0.1) is 0 Å². The van der Waals surface area contributed by atoms with Crippen molar-refractivity contribution in [2.75, 3.05) is 28.4 Å². The molecule has 2 rings (SSSR count). The zero-order valence-electron chi connectivity index (χ0n) is 14.5. The number of nitrogens with zero attached hydrogens (tertiary/aromatic N) is 1. The van der Waals surface area contributed by atoms with Gasteiger partial charge in [0.05, 0.1) is 40.2 Å². The molecule has 0 aliphatic heterocycles. The summed E-state index contributed by atoms with van der Waals surface area (Å²) in [5.74, 6) is 1.95. The number of nitrogens with one attached hydrogen (secondary N) is 1. The summed E-state index contributed by atoms with van der Waals surface area (Å²) in [6.45, 7) is 0. The van der Waals surface area contributed by atoms with Crippen LogP contribution in [0.4, 0.5) is 0 Å². The largest absolute Gasteiger partial charge is 0.497 e. The van der Waals surface area contributed by atoms with Crippen LogP contribution in [-0.2, 0) is 0 Å². The summed E-state index contributed by atoms with van der Waals surface area (Å²) in [4.78, 5) is 12.1. The number of ether oxygens (including phenoxy) is 4. The van der Waals surface area contributed by atoms with Crippen molar-refractivity contribution in [3.8, 4) is 23.0 Å². The van der Waals surface area contributed by atoms with Gasteiger partial charge in [-0.15, -0.1) is 0 Å². The first-order valence-electron chi connectivity index (χ1n) is 7.40. The van der Waals surface area contributed by atoms with E-state index >= 15 is 0 Å². The first-order valence-corrected chi connectivity index (χ1v) is 7.40. The first kappa shape index (κ1) is 18.1. The third-order valence-corrected chi connectivity index (χ3v) is 3.47. The van der Waals surface area contributed by atoms with Gasteiger partial charge >= 0.3 is 0 Å². The lowest BCUT2D eigenvalue weighted by molar-refractivity contribution is 0.0955. The van der Waals surface area contributed by atoms with Gasteiger partial charge in [-0.1, -0.05) is 0 Å². The molecule has 0 heterocycles. The standard InChI is InChI=1S/C18H20N2O5/c1-22-13-7-5-12(6-8-13)18(21)20-19-11-15-16(24-3)9-14(23-2)10-17(15)25-4/h5-11H,1-4H3,(H,20,21)/b19-11-.